The van der Waals surface area contributed by atoms with E-state index in [1.54, 1.807) is 35.2 Å². The predicted octanol–water partition coefficient (Wildman–Crippen LogP) is 0.998. The molecule has 2 aromatic rings. The molecule has 0 bridgehead atoms. The zero-order chi connectivity index (χ0) is 23.3. The van der Waals surface area contributed by atoms with Crippen LogP contribution >= 0.6 is 0 Å². The molecule has 4 N–H and O–H groups in total. The van der Waals surface area contributed by atoms with Crippen molar-refractivity contribution in [2.75, 3.05) is 32.2 Å². The number of hydrogen-bond acceptors (Lipinski definition) is 6. The van der Waals surface area contributed by atoms with E-state index >= 15 is 0 Å². The first-order valence-corrected chi connectivity index (χ1v) is 11.4. The second kappa shape index (κ2) is 9.88. The largest absolute Gasteiger partial charge is 0.493 e. The molecule has 32 heavy (non-hydrogen) atoms. The Balaban J connectivity index is 1.49. The average Bonchev–Trinajstić information content (AvgIpc) is 3.12. The second-order valence-corrected chi connectivity index (χ2v) is 8.85. The number of benzene rings is 2. The quantitative estimate of drug-likeness (QED) is 0.535. The van der Waals surface area contributed by atoms with Crippen molar-refractivity contribution in [3.63, 3.8) is 0 Å². The van der Waals surface area contributed by atoms with Gasteiger partial charge in [0, 0.05) is 31.3 Å². The van der Waals surface area contributed by atoms with Gasteiger partial charge in [0.05, 0.1) is 25.2 Å². The number of nitrogens with zero attached hydrogens (tertiary/aromatic N) is 1. The molecule has 0 radical (unpaired) electrons. The molecular formula is C21H26N4O6S. The Kier molecular flexibility index (Phi) is 7.21. The van der Waals surface area contributed by atoms with Crippen LogP contribution in [-0.4, -0.2) is 53.7 Å². The van der Waals surface area contributed by atoms with Gasteiger partial charge in [-0.05, 0) is 36.2 Å². The number of urea groups is 1. The first-order valence-electron chi connectivity index (χ1n) is 9.89. The first-order chi connectivity index (χ1) is 15.2. The Hall–Kier alpha value is -3.31. The summed E-state index contributed by atoms with van der Waals surface area (Å²) in [7, 11) is -0.665. The summed E-state index contributed by atoms with van der Waals surface area (Å²) < 4.78 is 33.1. The Labute approximate surface area is 186 Å². The number of nitrogens with two attached hydrogens (primary N) is 1. The van der Waals surface area contributed by atoms with Crippen LogP contribution in [0, 0.1) is 0 Å². The van der Waals surface area contributed by atoms with Crippen molar-refractivity contribution in [2.24, 2.45) is 5.14 Å². The lowest BCUT2D eigenvalue weighted by Gasteiger charge is -2.19. The Bertz CT molecular complexity index is 1090. The zero-order valence-corrected chi connectivity index (χ0v) is 18.6. The predicted molar refractivity (Wildman–Crippen MR) is 118 cm³/mol. The smallest absolute Gasteiger partial charge is 0.315 e. The van der Waals surface area contributed by atoms with Crippen LogP contribution in [0.1, 0.15) is 12.0 Å². The summed E-state index contributed by atoms with van der Waals surface area (Å²) in [5.74, 6) is 0.984. The minimum Gasteiger partial charge on any atom is -0.493 e. The lowest BCUT2D eigenvalue weighted by molar-refractivity contribution is -0.117. The van der Waals surface area contributed by atoms with Crippen molar-refractivity contribution in [1.82, 2.24) is 10.6 Å². The van der Waals surface area contributed by atoms with Crippen LogP contribution in [0.15, 0.2) is 47.4 Å². The Morgan fingerprint density at radius 2 is 1.81 bits per heavy atom. The first kappa shape index (κ1) is 23.4. The van der Waals surface area contributed by atoms with Crippen LogP contribution < -0.4 is 30.1 Å². The average molecular weight is 463 g/mol. The molecule has 1 heterocycles. The highest BCUT2D eigenvalue weighted by atomic mass is 32.2. The highest BCUT2D eigenvalue weighted by Crippen LogP contribution is 2.33. The van der Waals surface area contributed by atoms with Gasteiger partial charge in [0.25, 0.3) is 0 Å². The van der Waals surface area contributed by atoms with Gasteiger partial charge in [0.2, 0.25) is 15.9 Å². The van der Waals surface area contributed by atoms with Crippen molar-refractivity contribution >= 4 is 27.6 Å². The van der Waals surface area contributed by atoms with Gasteiger partial charge in [-0.1, -0.05) is 12.1 Å². The maximum absolute atomic E-state index is 12.4. The SMILES string of the molecule is COc1ccc(N2CC(NC(=O)NCCc3ccc(S(N)(=O)=O)cc3)CC2=O)cc1OC. The zero-order valence-electron chi connectivity index (χ0n) is 17.8. The number of amides is 3. The molecule has 0 spiro atoms. The monoisotopic (exact) mass is 462 g/mol. The highest BCUT2D eigenvalue weighted by molar-refractivity contribution is 7.89. The van der Waals surface area contributed by atoms with Gasteiger partial charge in [-0.15, -0.1) is 0 Å². The van der Waals surface area contributed by atoms with Gasteiger partial charge in [-0.25, -0.2) is 18.4 Å². The van der Waals surface area contributed by atoms with Crippen LogP contribution in [0.4, 0.5) is 10.5 Å². The highest BCUT2D eigenvalue weighted by Gasteiger charge is 2.32. The fourth-order valence-corrected chi connectivity index (χ4v) is 3.96. The van der Waals surface area contributed by atoms with E-state index in [1.807, 2.05) is 0 Å². The molecule has 3 rings (SSSR count). The van der Waals surface area contributed by atoms with Crippen LogP contribution in [0.25, 0.3) is 0 Å². The molecule has 3 amide bonds. The number of nitrogens with one attached hydrogen (secondary N) is 2. The van der Waals surface area contributed by atoms with Crippen molar-refractivity contribution in [3.8, 4) is 11.5 Å². The molecule has 1 atom stereocenters. The summed E-state index contributed by atoms with van der Waals surface area (Å²) in [4.78, 5) is 26.3. The maximum atomic E-state index is 12.4. The van der Waals surface area contributed by atoms with E-state index < -0.39 is 10.0 Å². The van der Waals surface area contributed by atoms with Crippen LogP contribution in [0.5, 0.6) is 11.5 Å². The molecule has 172 valence electrons. The topological polar surface area (TPSA) is 140 Å². The lowest BCUT2D eigenvalue weighted by atomic mass is 10.1. The lowest BCUT2D eigenvalue weighted by Crippen LogP contribution is -2.43. The molecule has 1 fully saturated rings. The molecule has 1 aliphatic heterocycles. The van der Waals surface area contributed by atoms with E-state index in [-0.39, 0.29) is 29.3 Å². The van der Waals surface area contributed by atoms with E-state index in [2.05, 4.69) is 10.6 Å². The molecular weight excluding hydrogens is 436 g/mol. The molecule has 1 unspecified atom stereocenters. The number of ether oxygens (including phenoxy) is 2. The van der Waals surface area contributed by atoms with Gasteiger partial charge in [-0.2, -0.15) is 0 Å². The van der Waals surface area contributed by atoms with Gasteiger partial charge >= 0.3 is 6.03 Å². The number of hydrogen-bond donors (Lipinski definition) is 3. The number of carbonyl (C=O) groups excluding carboxylic acids is 2. The van der Waals surface area contributed by atoms with Crippen LogP contribution in [-0.2, 0) is 21.2 Å². The molecule has 2 aromatic carbocycles. The van der Waals surface area contributed by atoms with Gasteiger partial charge in [-0.3, -0.25) is 4.79 Å². The Morgan fingerprint density at radius 3 is 2.44 bits per heavy atom. The van der Waals surface area contributed by atoms with E-state index in [1.165, 1.54) is 26.4 Å². The molecule has 11 heteroatoms. The number of carbonyl (C=O) groups is 2. The number of rotatable bonds is 8. The third-order valence-electron chi connectivity index (χ3n) is 5.09. The van der Waals surface area contributed by atoms with Crippen molar-refractivity contribution in [2.45, 2.75) is 23.8 Å². The number of methoxy groups -OCH3 is 2. The van der Waals surface area contributed by atoms with Gasteiger partial charge in [0.1, 0.15) is 0 Å². The van der Waals surface area contributed by atoms with Crippen LogP contribution in [0.2, 0.25) is 0 Å². The summed E-state index contributed by atoms with van der Waals surface area (Å²) in [5, 5.41) is 10.6. The molecule has 0 saturated carbocycles. The fourth-order valence-electron chi connectivity index (χ4n) is 3.45. The summed E-state index contributed by atoms with van der Waals surface area (Å²) >= 11 is 0. The van der Waals surface area contributed by atoms with Crippen molar-refractivity contribution in [1.29, 1.82) is 0 Å². The van der Waals surface area contributed by atoms with Crippen LogP contribution in [0.3, 0.4) is 0 Å². The second-order valence-electron chi connectivity index (χ2n) is 7.28. The summed E-state index contributed by atoms with van der Waals surface area (Å²) in [5.41, 5.74) is 1.52. The number of primary sulfonamides is 1. The van der Waals surface area contributed by atoms with E-state index in [4.69, 9.17) is 14.6 Å². The van der Waals surface area contributed by atoms with Crippen molar-refractivity contribution in [3.05, 3.63) is 48.0 Å². The minimum atomic E-state index is -3.73. The maximum Gasteiger partial charge on any atom is 0.315 e. The summed E-state index contributed by atoms with van der Waals surface area (Å²) in [6.45, 7) is 0.692. The number of anilines is 1. The van der Waals surface area contributed by atoms with Gasteiger partial charge in [0.15, 0.2) is 11.5 Å². The third-order valence-corrected chi connectivity index (χ3v) is 6.02. The van der Waals surface area contributed by atoms with E-state index in [0.29, 0.717) is 36.7 Å². The normalized spacial score (nSPS) is 16.0. The summed E-state index contributed by atoms with van der Waals surface area (Å²) in [6, 6.07) is 10.7. The van der Waals surface area contributed by atoms with E-state index in [0.717, 1.165) is 5.56 Å². The van der Waals surface area contributed by atoms with Crippen molar-refractivity contribution < 1.29 is 27.5 Å². The number of sulfonamides is 1. The molecule has 0 aliphatic carbocycles. The molecule has 0 aromatic heterocycles. The third kappa shape index (κ3) is 5.68. The summed E-state index contributed by atoms with van der Waals surface area (Å²) in [6.07, 6.45) is 0.705. The molecule has 1 aliphatic rings. The minimum absolute atomic E-state index is 0.0388. The standard InChI is InChI=1S/C21H26N4O6S/c1-30-18-8-5-16(12-19(18)31-2)25-13-15(11-20(25)26)24-21(27)23-10-9-14-3-6-17(7-4-14)32(22,28)29/h3-8,12,15H,9-11,13H2,1-2H3,(H2,22,28,29)(H2,23,24,27). The Morgan fingerprint density at radius 1 is 1.12 bits per heavy atom. The fraction of sp³-hybridized carbons (Fsp3) is 0.333. The van der Waals surface area contributed by atoms with Gasteiger partial charge < -0.3 is 25.0 Å². The van der Waals surface area contributed by atoms with E-state index in [9.17, 15) is 18.0 Å². The molecule has 1 saturated heterocycles. The molecule has 10 nitrogen and oxygen atoms in total.